The van der Waals surface area contributed by atoms with Crippen LogP contribution in [0.25, 0.3) is 0 Å². The van der Waals surface area contributed by atoms with Crippen LogP contribution in [0.3, 0.4) is 0 Å². The van der Waals surface area contributed by atoms with Crippen LogP contribution in [0, 0.1) is 24.4 Å². The van der Waals surface area contributed by atoms with Gasteiger partial charge in [0.1, 0.15) is 28.8 Å². The summed E-state index contributed by atoms with van der Waals surface area (Å²) in [7, 11) is 1.26. The first-order valence-corrected chi connectivity index (χ1v) is 5.78. The van der Waals surface area contributed by atoms with Crippen molar-refractivity contribution in [1.82, 2.24) is 0 Å². The topological polar surface area (TPSA) is 26.3 Å². The largest absolute Gasteiger partial charge is 0.496 e. The molecule has 2 aromatic rings. The van der Waals surface area contributed by atoms with Crippen LogP contribution in [0.4, 0.5) is 13.2 Å². The van der Waals surface area contributed by atoms with Crippen molar-refractivity contribution in [1.29, 1.82) is 0 Å². The molecule has 0 aromatic heterocycles. The Bertz CT molecular complexity index is 681. The molecule has 0 radical (unpaired) electrons. The maximum atomic E-state index is 13.8. The number of hydrogen-bond donors (Lipinski definition) is 0. The van der Waals surface area contributed by atoms with E-state index in [1.54, 1.807) is 0 Å². The molecule has 0 aliphatic heterocycles. The third-order valence-electron chi connectivity index (χ3n) is 2.92. The van der Waals surface area contributed by atoms with E-state index in [1.807, 2.05) is 0 Å². The van der Waals surface area contributed by atoms with Crippen molar-refractivity contribution in [2.45, 2.75) is 6.92 Å². The molecule has 104 valence electrons. The van der Waals surface area contributed by atoms with Gasteiger partial charge in [0.15, 0.2) is 0 Å². The van der Waals surface area contributed by atoms with Gasteiger partial charge < -0.3 is 4.74 Å². The minimum Gasteiger partial charge on any atom is -0.496 e. The maximum absolute atomic E-state index is 13.8. The van der Waals surface area contributed by atoms with Gasteiger partial charge in [-0.15, -0.1) is 0 Å². The van der Waals surface area contributed by atoms with Crippen molar-refractivity contribution in [3.8, 4) is 5.75 Å². The lowest BCUT2D eigenvalue weighted by atomic mass is 10.00. The van der Waals surface area contributed by atoms with Crippen LogP contribution in [0.15, 0.2) is 30.3 Å². The molecule has 0 fully saturated rings. The Morgan fingerprint density at radius 2 is 1.75 bits per heavy atom. The van der Waals surface area contributed by atoms with E-state index in [0.717, 1.165) is 18.2 Å². The molecule has 0 aliphatic rings. The van der Waals surface area contributed by atoms with Crippen LogP contribution in [0.1, 0.15) is 21.5 Å². The summed E-state index contributed by atoms with van der Waals surface area (Å²) in [6.07, 6.45) is 0. The number of ether oxygens (including phenoxy) is 1. The Hall–Kier alpha value is -2.30. The van der Waals surface area contributed by atoms with E-state index in [4.69, 9.17) is 4.74 Å². The van der Waals surface area contributed by atoms with Gasteiger partial charge in [-0.1, -0.05) is 6.07 Å². The fraction of sp³-hybridized carbons (Fsp3) is 0.133. The molecule has 0 amide bonds. The summed E-state index contributed by atoms with van der Waals surface area (Å²) >= 11 is 0. The van der Waals surface area contributed by atoms with Crippen LogP contribution >= 0.6 is 0 Å². The third kappa shape index (κ3) is 2.39. The Balaban J connectivity index is 2.61. The van der Waals surface area contributed by atoms with Gasteiger partial charge in [-0.2, -0.15) is 0 Å². The first-order valence-electron chi connectivity index (χ1n) is 5.78. The third-order valence-corrected chi connectivity index (χ3v) is 2.92. The minimum absolute atomic E-state index is 0.0321. The molecule has 0 bridgehead atoms. The predicted octanol–water partition coefficient (Wildman–Crippen LogP) is 3.65. The number of carbonyl (C=O) groups is 1. The Morgan fingerprint density at radius 1 is 1.05 bits per heavy atom. The average molecular weight is 280 g/mol. The molecule has 0 aliphatic carbocycles. The fourth-order valence-corrected chi connectivity index (χ4v) is 1.85. The Morgan fingerprint density at radius 3 is 2.40 bits per heavy atom. The van der Waals surface area contributed by atoms with Crippen molar-refractivity contribution in [2.24, 2.45) is 0 Å². The molecule has 0 atom stereocenters. The first-order chi connectivity index (χ1) is 9.45. The molecule has 0 saturated heterocycles. The predicted molar refractivity (Wildman–Crippen MR) is 67.5 cm³/mol. The Labute approximate surface area is 113 Å². The van der Waals surface area contributed by atoms with E-state index in [0.29, 0.717) is 0 Å². The van der Waals surface area contributed by atoms with Gasteiger partial charge in [-0.25, -0.2) is 13.2 Å². The summed E-state index contributed by atoms with van der Waals surface area (Å²) in [5.74, 6) is -3.48. The van der Waals surface area contributed by atoms with E-state index in [2.05, 4.69) is 0 Å². The molecule has 2 nitrogen and oxygen atoms in total. The summed E-state index contributed by atoms with van der Waals surface area (Å²) in [5.41, 5.74) is -0.881. The molecule has 0 heterocycles. The number of carbonyl (C=O) groups excluding carboxylic acids is 1. The van der Waals surface area contributed by atoms with Crippen molar-refractivity contribution in [2.75, 3.05) is 7.11 Å². The lowest BCUT2D eigenvalue weighted by molar-refractivity contribution is 0.102. The standard InChI is InChI=1S/C15H11F3O2/c1-8-6-12(18)9(7-11(8)17)15(19)14-10(16)4-3-5-13(14)20-2/h3-7H,1-2H3. The highest BCUT2D eigenvalue weighted by Gasteiger charge is 2.23. The Kier molecular flexibility index (Phi) is 3.79. The maximum Gasteiger partial charge on any atom is 0.202 e. The molecular weight excluding hydrogens is 269 g/mol. The quantitative estimate of drug-likeness (QED) is 0.802. The molecule has 20 heavy (non-hydrogen) atoms. The lowest BCUT2D eigenvalue weighted by Crippen LogP contribution is -2.10. The van der Waals surface area contributed by atoms with Crippen molar-refractivity contribution in [3.63, 3.8) is 0 Å². The van der Waals surface area contributed by atoms with Crippen molar-refractivity contribution < 1.29 is 22.7 Å². The molecule has 2 rings (SSSR count). The van der Waals surface area contributed by atoms with E-state index in [9.17, 15) is 18.0 Å². The molecule has 2 aromatic carbocycles. The molecule has 0 unspecified atom stereocenters. The highest BCUT2D eigenvalue weighted by atomic mass is 19.1. The highest BCUT2D eigenvalue weighted by Crippen LogP contribution is 2.26. The zero-order valence-corrected chi connectivity index (χ0v) is 10.8. The monoisotopic (exact) mass is 280 g/mol. The van der Waals surface area contributed by atoms with Crippen LogP contribution in [-0.4, -0.2) is 12.9 Å². The fourth-order valence-electron chi connectivity index (χ4n) is 1.85. The second-order valence-electron chi connectivity index (χ2n) is 4.23. The normalized spacial score (nSPS) is 10.4. The van der Waals surface area contributed by atoms with Gasteiger partial charge in [0, 0.05) is 0 Å². The zero-order valence-electron chi connectivity index (χ0n) is 10.8. The number of rotatable bonds is 3. The van der Waals surface area contributed by atoms with E-state index < -0.39 is 34.4 Å². The van der Waals surface area contributed by atoms with Crippen LogP contribution < -0.4 is 4.74 Å². The highest BCUT2D eigenvalue weighted by molar-refractivity contribution is 6.11. The molecular formula is C15H11F3O2. The number of benzene rings is 2. The number of ketones is 1. The SMILES string of the molecule is COc1cccc(F)c1C(=O)c1cc(F)c(C)cc1F. The van der Waals surface area contributed by atoms with Crippen molar-refractivity contribution >= 4 is 5.78 Å². The van der Waals surface area contributed by atoms with Crippen LogP contribution in [0.2, 0.25) is 0 Å². The minimum atomic E-state index is -0.962. The zero-order chi connectivity index (χ0) is 14.9. The van der Waals surface area contributed by atoms with Gasteiger partial charge in [0.25, 0.3) is 0 Å². The summed E-state index contributed by atoms with van der Waals surface area (Å²) in [6.45, 7) is 1.37. The number of methoxy groups -OCH3 is 1. The van der Waals surface area contributed by atoms with E-state index >= 15 is 0 Å². The van der Waals surface area contributed by atoms with Crippen molar-refractivity contribution in [3.05, 3.63) is 64.5 Å². The van der Waals surface area contributed by atoms with E-state index in [1.165, 1.54) is 26.2 Å². The van der Waals surface area contributed by atoms with Gasteiger partial charge in [-0.3, -0.25) is 4.79 Å². The summed E-state index contributed by atoms with van der Waals surface area (Å²) in [4.78, 5) is 12.2. The molecule has 5 heteroatoms. The second kappa shape index (κ2) is 5.36. The van der Waals surface area contributed by atoms with Gasteiger partial charge in [0.05, 0.1) is 12.7 Å². The smallest absolute Gasteiger partial charge is 0.202 e. The summed E-state index contributed by atoms with van der Waals surface area (Å²) in [6, 6.07) is 5.45. The number of hydrogen-bond acceptors (Lipinski definition) is 2. The summed E-state index contributed by atoms with van der Waals surface area (Å²) in [5, 5.41) is 0. The van der Waals surface area contributed by atoms with Gasteiger partial charge >= 0.3 is 0 Å². The number of aryl methyl sites for hydroxylation is 1. The molecule has 0 saturated carbocycles. The second-order valence-corrected chi connectivity index (χ2v) is 4.23. The molecule has 0 spiro atoms. The van der Waals surface area contributed by atoms with E-state index in [-0.39, 0.29) is 11.3 Å². The van der Waals surface area contributed by atoms with Crippen LogP contribution in [0.5, 0.6) is 5.75 Å². The first kappa shape index (κ1) is 14.1. The van der Waals surface area contributed by atoms with Crippen LogP contribution in [-0.2, 0) is 0 Å². The van der Waals surface area contributed by atoms with Gasteiger partial charge in [-0.05, 0) is 36.8 Å². The van der Waals surface area contributed by atoms with Gasteiger partial charge in [0.2, 0.25) is 5.78 Å². The lowest BCUT2D eigenvalue weighted by Gasteiger charge is -2.10. The summed E-state index contributed by atoms with van der Waals surface area (Å²) < 4.78 is 45.9. The molecule has 0 N–H and O–H groups in total. The number of halogens is 3. The average Bonchev–Trinajstić information content (AvgIpc) is 2.41.